The predicted octanol–water partition coefficient (Wildman–Crippen LogP) is 2.27. The number of nitrogens with two attached hydrogens (primary N) is 1. The second kappa shape index (κ2) is 5.56. The molecule has 0 bridgehead atoms. The number of aromatic nitrogens is 1. The van der Waals surface area contributed by atoms with Gasteiger partial charge in [-0.2, -0.15) is 0 Å². The first kappa shape index (κ1) is 13.8. The monoisotopic (exact) mass is 276 g/mol. The van der Waals surface area contributed by atoms with Gasteiger partial charge in [0, 0.05) is 17.3 Å². The molecule has 2 rings (SSSR count). The molecule has 1 aromatic heterocycles. The fourth-order valence-corrected chi connectivity index (χ4v) is 1.80. The number of hydrogen-bond acceptors (Lipinski definition) is 5. The Morgan fingerprint density at radius 3 is 2.65 bits per heavy atom. The Morgan fingerprint density at radius 1 is 1.25 bits per heavy atom. The van der Waals surface area contributed by atoms with E-state index in [0.717, 1.165) is 0 Å². The summed E-state index contributed by atoms with van der Waals surface area (Å²) in [6, 6.07) is 5.57. The number of carbonyl (C=O) groups is 1. The van der Waals surface area contributed by atoms with Gasteiger partial charge in [0.05, 0.1) is 19.8 Å². The first-order valence-electron chi connectivity index (χ1n) is 5.74. The van der Waals surface area contributed by atoms with Crippen molar-refractivity contribution < 1.29 is 18.7 Å². The van der Waals surface area contributed by atoms with Crippen molar-refractivity contribution in [1.29, 1.82) is 0 Å². The number of carbonyl (C=O) groups excluding carboxylic acids is 1. The molecule has 5 nitrogen and oxygen atoms in total. The van der Waals surface area contributed by atoms with Gasteiger partial charge in [0.25, 0.3) is 0 Å². The molecule has 0 amide bonds. The third kappa shape index (κ3) is 2.54. The number of rotatable bonds is 3. The van der Waals surface area contributed by atoms with Crippen LogP contribution in [0.1, 0.15) is 10.4 Å². The third-order valence-corrected chi connectivity index (χ3v) is 2.79. The number of pyridine rings is 1. The molecule has 104 valence electrons. The summed E-state index contributed by atoms with van der Waals surface area (Å²) in [6.07, 6.45) is 1.33. The van der Waals surface area contributed by atoms with Crippen molar-refractivity contribution in [2.24, 2.45) is 0 Å². The van der Waals surface area contributed by atoms with E-state index < -0.39 is 11.8 Å². The van der Waals surface area contributed by atoms with Crippen LogP contribution in [0.4, 0.5) is 10.2 Å². The number of nitrogens with zero attached hydrogens (tertiary/aromatic N) is 1. The van der Waals surface area contributed by atoms with Gasteiger partial charge in [0.15, 0.2) is 0 Å². The highest BCUT2D eigenvalue weighted by Crippen LogP contribution is 2.30. The lowest BCUT2D eigenvalue weighted by Gasteiger charge is -2.10. The Labute approximate surface area is 115 Å². The highest BCUT2D eigenvalue weighted by molar-refractivity contribution is 5.97. The maximum atomic E-state index is 14.0. The van der Waals surface area contributed by atoms with E-state index in [0.29, 0.717) is 11.3 Å². The molecule has 20 heavy (non-hydrogen) atoms. The minimum absolute atomic E-state index is 0.146. The Balaban J connectivity index is 2.66. The first-order valence-corrected chi connectivity index (χ1v) is 5.74. The van der Waals surface area contributed by atoms with E-state index in [9.17, 15) is 9.18 Å². The van der Waals surface area contributed by atoms with Crippen molar-refractivity contribution in [3.05, 3.63) is 41.8 Å². The molecular weight excluding hydrogens is 263 g/mol. The molecule has 0 radical (unpaired) electrons. The summed E-state index contributed by atoms with van der Waals surface area (Å²) in [5.74, 6) is -0.495. The predicted molar refractivity (Wildman–Crippen MR) is 71.9 cm³/mol. The molecule has 0 aliphatic heterocycles. The number of benzene rings is 1. The van der Waals surface area contributed by atoms with Crippen LogP contribution in [0.3, 0.4) is 0 Å². The zero-order valence-corrected chi connectivity index (χ0v) is 11.0. The number of ether oxygens (including phenoxy) is 2. The zero-order valence-electron chi connectivity index (χ0n) is 11.0. The van der Waals surface area contributed by atoms with Crippen LogP contribution in [-0.2, 0) is 4.74 Å². The van der Waals surface area contributed by atoms with E-state index in [1.807, 2.05) is 0 Å². The second-order valence-corrected chi connectivity index (χ2v) is 3.99. The number of halogens is 1. The van der Waals surface area contributed by atoms with E-state index >= 15 is 0 Å². The van der Waals surface area contributed by atoms with Crippen LogP contribution < -0.4 is 10.5 Å². The zero-order chi connectivity index (χ0) is 14.7. The summed E-state index contributed by atoms with van der Waals surface area (Å²) in [5.41, 5.74) is 6.19. The van der Waals surface area contributed by atoms with Gasteiger partial charge in [-0.15, -0.1) is 0 Å². The number of nitrogen functional groups attached to an aromatic ring is 1. The lowest BCUT2D eigenvalue weighted by atomic mass is 10.0. The van der Waals surface area contributed by atoms with Gasteiger partial charge >= 0.3 is 5.97 Å². The van der Waals surface area contributed by atoms with E-state index in [1.54, 1.807) is 0 Å². The molecule has 0 spiro atoms. The summed E-state index contributed by atoms with van der Waals surface area (Å²) in [4.78, 5) is 15.7. The van der Waals surface area contributed by atoms with Crippen molar-refractivity contribution in [3.63, 3.8) is 0 Å². The minimum atomic E-state index is -0.615. The van der Waals surface area contributed by atoms with Gasteiger partial charge < -0.3 is 15.2 Å². The van der Waals surface area contributed by atoms with Crippen molar-refractivity contribution >= 4 is 11.8 Å². The van der Waals surface area contributed by atoms with Crippen LogP contribution in [0.2, 0.25) is 0 Å². The Kier molecular flexibility index (Phi) is 3.84. The van der Waals surface area contributed by atoms with Gasteiger partial charge in [-0.05, 0) is 24.3 Å². The van der Waals surface area contributed by atoms with E-state index in [-0.39, 0.29) is 16.9 Å². The molecule has 1 aromatic carbocycles. The number of methoxy groups -OCH3 is 2. The average molecular weight is 276 g/mol. The second-order valence-electron chi connectivity index (χ2n) is 3.99. The van der Waals surface area contributed by atoms with Crippen molar-refractivity contribution in [2.75, 3.05) is 20.0 Å². The largest absolute Gasteiger partial charge is 0.497 e. The highest BCUT2D eigenvalue weighted by Gasteiger charge is 2.17. The molecule has 2 N–H and O–H groups in total. The van der Waals surface area contributed by atoms with Crippen LogP contribution in [0.25, 0.3) is 11.1 Å². The summed E-state index contributed by atoms with van der Waals surface area (Å²) >= 11 is 0. The van der Waals surface area contributed by atoms with Crippen LogP contribution in [0.15, 0.2) is 30.5 Å². The third-order valence-electron chi connectivity index (χ3n) is 2.79. The van der Waals surface area contributed by atoms with Crippen LogP contribution in [0.5, 0.6) is 5.75 Å². The number of anilines is 1. The molecule has 0 atom stereocenters. The molecule has 0 fully saturated rings. The van der Waals surface area contributed by atoms with Crippen molar-refractivity contribution in [2.45, 2.75) is 0 Å². The molecule has 0 aliphatic carbocycles. The molecule has 1 heterocycles. The van der Waals surface area contributed by atoms with Gasteiger partial charge in [0.1, 0.15) is 17.4 Å². The summed E-state index contributed by atoms with van der Waals surface area (Å²) in [6.45, 7) is 0. The maximum Gasteiger partial charge on any atom is 0.338 e. The Hall–Kier alpha value is -2.63. The standard InChI is InChI=1S/C14H13FN2O3/c1-19-8-3-4-12(15)9(5-8)11-7-17-13(16)6-10(11)14(18)20-2/h3-7H,1-2H3,(H2,16,17). The molecule has 0 saturated carbocycles. The average Bonchev–Trinajstić information content (AvgIpc) is 2.47. The SMILES string of the molecule is COC(=O)c1cc(N)ncc1-c1cc(OC)ccc1F. The van der Waals surface area contributed by atoms with Crippen LogP contribution >= 0.6 is 0 Å². The molecule has 0 unspecified atom stereocenters. The quantitative estimate of drug-likeness (QED) is 0.870. The lowest BCUT2D eigenvalue weighted by Crippen LogP contribution is -2.06. The van der Waals surface area contributed by atoms with Crippen LogP contribution in [-0.4, -0.2) is 25.2 Å². The summed E-state index contributed by atoms with van der Waals surface area (Å²) in [7, 11) is 2.71. The van der Waals surface area contributed by atoms with Gasteiger partial charge in [-0.1, -0.05) is 0 Å². The van der Waals surface area contributed by atoms with Crippen molar-refractivity contribution in [3.8, 4) is 16.9 Å². The van der Waals surface area contributed by atoms with Gasteiger partial charge in [-0.25, -0.2) is 14.2 Å². The number of hydrogen-bond donors (Lipinski definition) is 1. The fraction of sp³-hybridized carbons (Fsp3) is 0.143. The van der Waals surface area contributed by atoms with Gasteiger partial charge in [-0.3, -0.25) is 0 Å². The fourth-order valence-electron chi connectivity index (χ4n) is 1.80. The number of esters is 1. The highest BCUT2D eigenvalue weighted by atomic mass is 19.1. The molecule has 6 heteroatoms. The topological polar surface area (TPSA) is 74.4 Å². The molecular formula is C14H13FN2O3. The van der Waals surface area contributed by atoms with E-state index in [2.05, 4.69) is 9.72 Å². The normalized spacial score (nSPS) is 10.2. The Morgan fingerprint density at radius 2 is 2.00 bits per heavy atom. The minimum Gasteiger partial charge on any atom is -0.497 e. The van der Waals surface area contributed by atoms with Gasteiger partial charge in [0.2, 0.25) is 0 Å². The molecule has 0 aliphatic rings. The summed E-state index contributed by atoms with van der Waals surface area (Å²) < 4.78 is 23.7. The Bertz CT molecular complexity index is 659. The van der Waals surface area contributed by atoms with E-state index in [4.69, 9.17) is 10.5 Å². The lowest BCUT2D eigenvalue weighted by molar-refractivity contribution is 0.0601. The smallest absolute Gasteiger partial charge is 0.338 e. The maximum absolute atomic E-state index is 14.0. The van der Waals surface area contributed by atoms with Crippen LogP contribution in [0, 0.1) is 5.82 Å². The summed E-state index contributed by atoms with van der Waals surface area (Å²) in [5, 5.41) is 0. The van der Waals surface area contributed by atoms with E-state index in [1.165, 1.54) is 44.7 Å². The first-order chi connectivity index (χ1) is 9.56. The molecule has 0 saturated heterocycles. The molecule has 2 aromatic rings. The van der Waals surface area contributed by atoms with Crippen molar-refractivity contribution in [1.82, 2.24) is 4.98 Å².